The van der Waals surface area contributed by atoms with Crippen molar-refractivity contribution in [3.05, 3.63) is 59.2 Å². The van der Waals surface area contributed by atoms with Crippen LogP contribution in [0.3, 0.4) is 0 Å². The number of amides is 1. The lowest BCUT2D eigenvalue weighted by Crippen LogP contribution is -2.17. The number of benzene rings is 2. The van der Waals surface area contributed by atoms with E-state index < -0.39 is 49.8 Å². The molecule has 0 fully saturated rings. The van der Waals surface area contributed by atoms with E-state index in [1.165, 1.54) is 4.72 Å². The van der Waals surface area contributed by atoms with Gasteiger partial charge in [-0.3, -0.25) is 9.52 Å². The molecule has 0 aromatic heterocycles. The van der Waals surface area contributed by atoms with Gasteiger partial charge in [0.25, 0.3) is 10.0 Å². The van der Waals surface area contributed by atoms with E-state index in [4.69, 9.17) is 5.73 Å². The van der Waals surface area contributed by atoms with Crippen LogP contribution < -0.4 is 10.5 Å². The smallest absolute Gasteiger partial charge is 0.262 e. The van der Waals surface area contributed by atoms with Crippen LogP contribution in [-0.4, -0.2) is 14.3 Å². The molecule has 23 heavy (non-hydrogen) atoms. The van der Waals surface area contributed by atoms with E-state index >= 15 is 0 Å². The zero-order chi connectivity index (χ0) is 17.4. The monoisotopic (exact) mass is 348 g/mol. The summed E-state index contributed by atoms with van der Waals surface area (Å²) in [5.41, 5.74) is 3.50. The van der Waals surface area contributed by atoms with Crippen LogP contribution in [0.25, 0.3) is 0 Å². The Kier molecular flexibility index (Phi) is 4.28. The third-order valence-corrected chi connectivity index (χ3v) is 4.16. The minimum absolute atomic E-state index is 0.00175. The number of hydrogen-bond acceptors (Lipinski definition) is 3. The van der Waals surface area contributed by atoms with Gasteiger partial charge in [-0.2, -0.15) is 0 Å². The Morgan fingerprint density at radius 1 is 0.957 bits per heavy atom. The van der Waals surface area contributed by atoms with Crippen molar-refractivity contribution in [3.8, 4) is 0 Å². The highest BCUT2D eigenvalue weighted by molar-refractivity contribution is 7.92. The average molecular weight is 348 g/mol. The van der Waals surface area contributed by atoms with Crippen molar-refractivity contribution in [3.63, 3.8) is 0 Å². The predicted octanol–water partition coefficient (Wildman–Crippen LogP) is 2.14. The molecule has 2 aromatic rings. The largest absolute Gasteiger partial charge is 0.366 e. The standard InChI is InChI=1S/C13H8F4N2O3S/c14-8-5-9(15)11(17)12(10(8)16)19-23(21,22)7-3-1-6(2-4-7)13(18)20/h1-5,19H,(H2,18,20). The number of carbonyl (C=O) groups excluding carboxylic acids is 1. The topological polar surface area (TPSA) is 89.3 Å². The molecule has 2 aromatic carbocycles. The number of nitrogens with one attached hydrogen (secondary N) is 1. The number of sulfonamides is 1. The number of halogens is 4. The molecule has 5 nitrogen and oxygen atoms in total. The molecule has 2 rings (SSSR count). The van der Waals surface area contributed by atoms with Gasteiger partial charge in [0.15, 0.2) is 23.3 Å². The molecular formula is C13H8F4N2O3S. The molecule has 0 spiro atoms. The zero-order valence-corrected chi connectivity index (χ0v) is 11.9. The average Bonchev–Trinajstić information content (AvgIpc) is 2.49. The lowest BCUT2D eigenvalue weighted by atomic mass is 10.2. The molecule has 3 N–H and O–H groups in total. The Hall–Kier alpha value is -2.62. The fourth-order valence-corrected chi connectivity index (χ4v) is 2.71. The Bertz CT molecular complexity index is 857. The van der Waals surface area contributed by atoms with Crippen molar-refractivity contribution in [1.29, 1.82) is 0 Å². The molecule has 0 aliphatic heterocycles. The molecule has 0 atom stereocenters. The van der Waals surface area contributed by atoms with Crippen molar-refractivity contribution in [2.75, 3.05) is 4.72 Å². The van der Waals surface area contributed by atoms with Gasteiger partial charge >= 0.3 is 0 Å². The lowest BCUT2D eigenvalue weighted by molar-refractivity contribution is 0.1000. The van der Waals surface area contributed by atoms with Crippen LogP contribution in [0.1, 0.15) is 10.4 Å². The fraction of sp³-hybridized carbons (Fsp3) is 0. The first kappa shape index (κ1) is 16.7. The van der Waals surface area contributed by atoms with Gasteiger partial charge < -0.3 is 5.73 Å². The summed E-state index contributed by atoms with van der Waals surface area (Å²) in [6.45, 7) is 0. The van der Waals surface area contributed by atoms with Crippen molar-refractivity contribution in [2.45, 2.75) is 4.90 Å². The molecule has 0 saturated heterocycles. The first-order valence-corrected chi connectivity index (χ1v) is 7.37. The Balaban J connectivity index is 2.45. The molecule has 0 aliphatic carbocycles. The van der Waals surface area contributed by atoms with Crippen LogP contribution in [-0.2, 0) is 10.0 Å². The van der Waals surface area contributed by atoms with Gasteiger partial charge in [-0.25, -0.2) is 26.0 Å². The molecule has 0 saturated carbocycles. The second-order valence-corrected chi connectivity index (χ2v) is 6.02. The zero-order valence-electron chi connectivity index (χ0n) is 11.1. The highest BCUT2D eigenvalue weighted by atomic mass is 32.2. The lowest BCUT2D eigenvalue weighted by Gasteiger charge is -2.11. The molecule has 0 radical (unpaired) electrons. The van der Waals surface area contributed by atoms with E-state index in [9.17, 15) is 30.8 Å². The maximum Gasteiger partial charge on any atom is 0.262 e. The van der Waals surface area contributed by atoms with Crippen LogP contribution in [0.2, 0.25) is 0 Å². The second-order valence-electron chi connectivity index (χ2n) is 4.34. The molecule has 0 unspecified atom stereocenters. The van der Waals surface area contributed by atoms with E-state index in [1.807, 2.05) is 0 Å². The third kappa shape index (κ3) is 3.26. The number of hydrogen-bond donors (Lipinski definition) is 2. The molecule has 1 amide bonds. The Labute approximate surface area is 127 Å². The highest BCUT2D eigenvalue weighted by Gasteiger charge is 2.24. The van der Waals surface area contributed by atoms with Crippen molar-refractivity contribution < 1.29 is 30.8 Å². The summed E-state index contributed by atoms with van der Waals surface area (Å²) < 4.78 is 78.6. The van der Waals surface area contributed by atoms with E-state index in [-0.39, 0.29) is 11.6 Å². The number of nitrogens with two attached hydrogens (primary N) is 1. The summed E-state index contributed by atoms with van der Waals surface area (Å²) in [4.78, 5) is 10.4. The van der Waals surface area contributed by atoms with E-state index in [0.717, 1.165) is 24.3 Å². The van der Waals surface area contributed by atoms with Crippen LogP contribution in [0.15, 0.2) is 35.2 Å². The van der Waals surface area contributed by atoms with Gasteiger partial charge in [0, 0.05) is 11.6 Å². The quantitative estimate of drug-likeness (QED) is 0.655. The summed E-state index contributed by atoms with van der Waals surface area (Å²) in [6.07, 6.45) is 0. The number of rotatable bonds is 4. The van der Waals surface area contributed by atoms with Gasteiger partial charge in [-0.05, 0) is 24.3 Å². The molecule has 0 heterocycles. The maximum atomic E-state index is 13.5. The van der Waals surface area contributed by atoms with Crippen LogP contribution in [0.4, 0.5) is 23.2 Å². The number of anilines is 1. The fourth-order valence-electron chi connectivity index (χ4n) is 1.65. The number of carbonyl (C=O) groups is 1. The highest BCUT2D eigenvalue weighted by Crippen LogP contribution is 2.26. The Morgan fingerprint density at radius 2 is 1.43 bits per heavy atom. The van der Waals surface area contributed by atoms with E-state index in [2.05, 4.69) is 0 Å². The van der Waals surface area contributed by atoms with Gasteiger partial charge in [-0.1, -0.05) is 0 Å². The number of primary amides is 1. The molecule has 122 valence electrons. The Morgan fingerprint density at radius 3 is 1.87 bits per heavy atom. The molecule has 0 bridgehead atoms. The van der Waals surface area contributed by atoms with Gasteiger partial charge in [0.2, 0.25) is 5.91 Å². The SMILES string of the molecule is NC(=O)c1ccc(S(=O)(=O)Nc2c(F)c(F)cc(F)c2F)cc1. The van der Waals surface area contributed by atoms with Crippen molar-refractivity contribution in [2.24, 2.45) is 5.73 Å². The van der Waals surface area contributed by atoms with Gasteiger partial charge in [-0.15, -0.1) is 0 Å². The normalized spacial score (nSPS) is 11.3. The summed E-state index contributed by atoms with van der Waals surface area (Å²) in [7, 11) is -4.55. The minimum atomic E-state index is -4.55. The second kappa shape index (κ2) is 5.88. The molecular weight excluding hydrogens is 340 g/mol. The molecule has 10 heteroatoms. The predicted molar refractivity (Wildman–Crippen MR) is 72.0 cm³/mol. The van der Waals surface area contributed by atoms with Crippen LogP contribution in [0.5, 0.6) is 0 Å². The summed E-state index contributed by atoms with van der Waals surface area (Å²) in [5.74, 6) is -8.11. The summed E-state index contributed by atoms with van der Waals surface area (Å²) in [6, 6.07) is 3.96. The minimum Gasteiger partial charge on any atom is -0.366 e. The first-order valence-electron chi connectivity index (χ1n) is 5.89. The van der Waals surface area contributed by atoms with Gasteiger partial charge in [0.05, 0.1) is 4.90 Å². The van der Waals surface area contributed by atoms with Crippen LogP contribution >= 0.6 is 0 Å². The van der Waals surface area contributed by atoms with E-state index in [0.29, 0.717) is 0 Å². The first-order chi connectivity index (χ1) is 10.6. The third-order valence-electron chi connectivity index (χ3n) is 2.80. The summed E-state index contributed by atoms with van der Waals surface area (Å²) in [5, 5.41) is 0. The van der Waals surface area contributed by atoms with E-state index in [1.54, 1.807) is 0 Å². The summed E-state index contributed by atoms with van der Waals surface area (Å²) >= 11 is 0. The van der Waals surface area contributed by atoms with Crippen molar-refractivity contribution in [1.82, 2.24) is 0 Å². The van der Waals surface area contributed by atoms with Crippen molar-refractivity contribution >= 4 is 21.6 Å². The van der Waals surface area contributed by atoms with Crippen LogP contribution in [0, 0.1) is 23.3 Å². The molecule has 0 aliphatic rings. The van der Waals surface area contributed by atoms with Gasteiger partial charge in [0.1, 0.15) is 5.69 Å². The maximum absolute atomic E-state index is 13.5.